The summed E-state index contributed by atoms with van der Waals surface area (Å²) in [6, 6.07) is 16.8. The van der Waals surface area contributed by atoms with Gasteiger partial charge in [-0.25, -0.2) is 0 Å². The van der Waals surface area contributed by atoms with E-state index in [9.17, 15) is 9.59 Å². The third-order valence-electron chi connectivity index (χ3n) is 4.64. The molecule has 5 heteroatoms. The Bertz CT molecular complexity index is 1070. The lowest BCUT2D eigenvalue weighted by Gasteiger charge is -2.07. The summed E-state index contributed by atoms with van der Waals surface area (Å²) in [6.07, 6.45) is 0. The fourth-order valence-corrected chi connectivity index (χ4v) is 3.26. The SMILES string of the molecule is CC(=O)c1c(C)[nH]c(C(=O)COc2ccc(-c3ccc(C#N)cc3)cc2)c1C. The Morgan fingerprint density at radius 1 is 1.00 bits per heavy atom. The van der Waals surface area contributed by atoms with E-state index in [2.05, 4.69) is 11.1 Å². The Hall–Kier alpha value is -3.65. The van der Waals surface area contributed by atoms with E-state index in [-0.39, 0.29) is 18.2 Å². The highest BCUT2D eigenvalue weighted by atomic mass is 16.5. The molecule has 0 aliphatic heterocycles. The molecule has 3 aromatic rings. The maximum Gasteiger partial charge on any atom is 0.216 e. The average molecular weight is 372 g/mol. The molecule has 3 rings (SSSR count). The van der Waals surface area contributed by atoms with Crippen LogP contribution in [0, 0.1) is 25.2 Å². The maximum atomic E-state index is 12.5. The minimum absolute atomic E-state index is 0.0652. The highest BCUT2D eigenvalue weighted by molar-refractivity contribution is 6.03. The Morgan fingerprint density at radius 2 is 1.57 bits per heavy atom. The zero-order valence-electron chi connectivity index (χ0n) is 16.0. The molecule has 5 nitrogen and oxygen atoms in total. The van der Waals surface area contributed by atoms with E-state index in [1.807, 2.05) is 24.3 Å². The number of nitrogens with one attached hydrogen (secondary N) is 1. The number of aromatic nitrogens is 1. The molecule has 140 valence electrons. The first-order valence-electron chi connectivity index (χ1n) is 8.87. The van der Waals surface area contributed by atoms with Gasteiger partial charge in [0, 0.05) is 11.3 Å². The summed E-state index contributed by atoms with van der Waals surface area (Å²) >= 11 is 0. The number of rotatable bonds is 6. The van der Waals surface area contributed by atoms with Gasteiger partial charge in [-0.2, -0.15) is 5.26 Å². The summed E-state index contributed by atoms with van der Waals surface area (Å²) in [5.74, 6) is 0.312. The van der Waals surface area contributed by atoms with Crippen molar-refractivity contribution in [3.63, 3.8) is 0 Å². The second-order valence-corrected chi connectivity index (χ2v) is 6.61. The van der Waals surface area contributed by atoms with Gasteiger partial charge in [-0.3, -0.25) is 9.59 Å². The zero-order valence-corrected chi connectivity index (χ0v) is 16.0. The standard InChI is InChI=1S/C23H20N2O3/c1-14-22(16(3)26)15(2)25-23(14)21(27)13-28-20-10-8-19(9-11-20)18-6-4-17(12-24)5-7-18/h4-11,25H,13H2,1-3H3. The van der Waals surface area contributed by atoms with Gasteiger partial charge in [0.25, 0.3) is 0 Å². The van der Waals surface area contributed by atoms with Gasteiger partial charge < -0.3 is 9.72 Å². The lowest BCUT2D eigenvalue weighted by atomic mass is 10.0. The van der Waals surface area contributed by atoms with Crippen molar-refractivity contribution in [2.45, 2.75) is 20.8 Å². The Morgan fingerprint density at radius 3 is 2.07 bits per heavy atom. The van der Waals surface area contributed by atoms with Crippen molar-refractivity contribution in [3.05, 3.63) is 76.6 Å². The van der Waals surface area contributed by atoms with Crippen molar-refractivity contribution in [3.8, 4) is 22.9 Å². The summed E-state index contributed by atoms with van der Waals surface area (Å²) in [5, 5.41) is 8.87. The fraction of sp³-hybridized carbons (Fsp3) is 0.174. The molecular formula is C23H20N2O3. The van der Waals surface area contributed by atoms with Crippen molar-refractivity contribution in [2.24, 2.45) is 0 Å². The van der Waals surface area contributed by atoms with Crippen LogP contribution in [-0.2, 0) is 0 Å². The van der Waals surface area contributed by atoms with Crippen molar-refractivity contribution in [2.75, 3.05) is 6.61 Å². The summed E-state index contributed by atoms with van der Waals surface area (Å²) in [4.78, 5) is 27.2. The van der Waals surface area contributed by atoms with E-state index in [1.165, 1.54) is 6.92 Å². The Kier molecular flexibility index (Phi) is 5.42. The van der Waals surface area contributed by atoms with E-state index in [0.717, 1.165) is 11.1 Å². The number of aromatic amines is 1. The molecule has 1 N–H and O–H groups in total. The molecule has 0 saturated carbocycles. The quantitative estimate of drug-likeness (QED) is 0.639. The van der Waals surface area contributed by atoms with Gasteiger partial charge in [-0.05, 0) is 61.7 Å². The van der Waals surface area contributed by atoms with Gasteiger partial charge in [-0.1, -0.05) is 24.3 Å². The van der Waals surface area contributed by atoms with Gasteiger partial charge in [0.05, 0.1) is 17.3 Å². The molecule has 1 aromatic heterocycles. The topological polar surface area (TPSA) is 82.9 Å². The predicted molar refractivity (Wildman–Crippen MR) is 107 cm³/mol. The molecule has 1 heterocycles. The van der Waals surface area contributed by atoms with E-state index in [0.29, 0.717) is 33.8 Å². The smallest absolute Gasteiger partial charge is 0.216 e. The minimum atomic E-state index is -0.204. The van der Waals surface area contributed by atoms with E-state index < -0.39 is 0 Å². The zero-order chi connectivity index (χ0) is 20.3. The van der Waals surface area contributed by atoms with Crippen LogP contribution in [0.4, 0.5) is 0 Å². The molecule has 0 fully saturated rings. The monoisotopic (exact) mass is 372 g/mol. The van der Waals surface area contributed by atoms with Crippen LogP contribution < -0.4 is 4.74 Å². The van der Waals surface area contributed by atoms with Crippen LogP contribution in [-0.4, -0.2) is 23.2 Å². The lowest BCUT2D eigenvalue weighted by molar-refractivity contribution is 0.0916. The fourth-order valence-electron chi connectivity index (χ4n) is 3.26. The molecule has 0 radical (unpaired) electrons. The molecule has 0 aliphatic carbocycles. The van der Waals surface area contributed by atoms with Gasteiger partial charge in [0.15, 0.2) is 12.4 Å². The van der Waals surface area contributed by atoms with E-state index in [4.69, 9.17) is 10.00 Å². The third-order valence-corrected chi connectivity index (χ3v) is 4.64. The number of Topliss-reactive ketones (excluding diaryl/α,β-unsaturated/α-hetero) is 2. The summed E-state index contributed by atoms with van der Waals surface area (Å²) in [5.41, 5.74) is 4.94. The first kappa shape index (κ1) is 19.1. The number of aryl methyl sites for hydroxylation is 1. The number of ketones is 2. The molecule has 0 aliphatic rings. The maximum absolute atomic E-state index is 12.5. The van der Waals surface area contributed by atoms with Crippen molar-refractivity contribution < 1.29 is 14.3 Å². The van der Waals surface area contributed by atoms with Crippen molar-refractivity contribution >= 4 is 11.6 Å². The van der Waals surface area contributed by atoms with Crippen LogP contribution in [0.1, 0.15) is 44.6 Å². The molecule has 0 spiro atoms. The Balaban J connectivity index is 1.68. The van der Waals surface area contributed by atoms with Crippen LogP contribution >= 0.6 is 0 Å². The average Bonchev–Trinajstić information content (AvgIpc) is 3.01. The molecule has 2 aromatic carbocycles. The first-order chi connectivity index (χ1) is 13.4. The van der Waals surface area contributed by atoms with Gasteiger partial charge in [0.2, 0.25) is 5.78 Å². The highest BCUT2D eigenvalue weighted by Gasteiger charge is 2.20. The van der Waals surface area contributed by atoms with Crippen molar-refractivity contribution in [1.82, 2.24) is 4.98 Å². The van der Waals surface area contributed by atoms with E-state index in [1.54, 1.807) is 38.1 Å². The molecule has 28 heavy (non-hydrogen) atoms. The number of nitrogens with zero attached hydrogens (tertiary/aromatic N) is 1. The van der Waals surface area contributed by atoms with Crippen LogP contribution in [0.5, 0.6) is 5.75 Å². The molecule has 0 bridgehead atoms. The predicted octanol–water partition coefficient (Wildman–Crippen LogP) is 4.63. The normalized spacial score (nSPS) is 10.4. The number of carbonyl (C=O) groups is 2. The highest BCUT2D eigenvalue weighted by Crippen LogP contribution is 2.23. The van der Waals surface area contributed by atoms with Gasteiger partial charge >= 0.3 is 0 Å². The number of ether oxygens (including phenoxy) is 1. The van der Waals surface area contributed by atoms with Crippen LogP contribution in [0.25, 0.3) is 11.1 Å². The summed E-state index contributed by atoms with van der Waals surface area (Å²) in [7, 11) is 0. The summed E-state index contributed by atoms with van der Waals surface area (Å²) < 4.78 is 5.62. The Labute approximate surface area is 163 Å². The largest absolute Gasteiger partial charge is 0.485 e. The lowest BCUT2D eigenvalue weighted by Crippen LogP contribution is -2.13. The molecule has 0 unspecified atom stereocenters. The second-order valence-electron chi connectivity index (χ2n) is 6.61. The number of carbonyl (C=O) groups excluding carboxylic acids is 2. The van der Waals surface area contributed by atoms with Gasteiger partial charge in [0.1, 0.15) is 5.75 Å². The van der Waals surface area contributed by atoms with Crippen molar-refractivity contribution in [1.29, 1.82) is 5.26 Å². The molecular weight excluding hydrogens is 352 g/mol. The number of benzene rings is 2. The van der Waals surface area contributed by atoms with E-state index >= 15 is 0 Å². The van der Waals surface area contributed by atoms with Gasteiger partial charge in [-0.15, -0.1) is 0 Å². The second kappa shape index (κ2) is 7.93. The molecule has 0 amide bonds. The number of H-pyrrole nitrogens is 1. The molecule has 0 atom stereocenters. The third kappa shape index (κ3) is 3.86. The number of nitriles is 1. The first-order valence-corrected chi connectivity index (χ1v) is 8.87. The minimum Gasteiger partial charge on any atom is -0.485 e. The van der Waals surface area contributed by atoms with Crippen LogP contribution in [0.15, 0.2) is 48.5 Å². The number of hydrogen-bond acceptors (Lipinski definition) is 4. The van der Waals surface area contributed by atoms with Crippen LogP contribution in [0.3, 0.4) is 0 Å². The molecule has 0 saturated heterocycles. The summed E-state index contributed by atoms with van der Waals surface area (Å²) in [6.45, 7) is 4.92. The van der Waals surface area contributed by atoms with Crippen LogP contribution in [0.2, 0.25) is 0 Å². The number of hydrogen-bond donors (Lipinski definition) is 1.